The van der Waals surface area contributed by atoms with Crippen LogP contribution in [0, 0.1) is 5.92 Å². The second kappa shape index (κ2) is 7.62. The van der Waals surface area contributed by atoms with Crippen molar-refractivity contribution in [2.75, 3.05) is 23.3 Å². The highest BCUT2D eigenvalue weighted by atomic mass is 15.2. The van der Waals surface area contributed by atoms with Crippen LogP contribution >= 0.6 is 0 Å². The van der Waals surface area contributed by atoms with Gasteiger partial charge in [0, 0.05) is 31.6 Å². The summed E-state index contributed by atoms with van der Waals surface area (Å²) in [5.74, 6) is 3.80. The lowest BCUT2D eigenvalue weighted by molar-refractivity contribution is 0.567. The van der Waals surface area contributed by atoms with Gasteiger partial charge in [-0.1, -0.05) is 20.8 Å². The van der Waals surface area contributed by atoms with Gasteiger partial charge in [0.2, 0.25) is 0 Å². The van der Waals surface area contributed by atoms with E-state index in [0.717, 1.165) is 49.3 Å². The van der Waals surface area contributed by atoms with Crippen LogP contribution in [0.4, 0.5) is 11.6 Å². The van der Waals surface area contributed by atoms with Crippen LogP contribution in [0.2, 0.25) is 0 Å². The molecular weight excluding hydrogens is 260 g/mol. The smallest absolute Gasteiger partial charge is 0.134 e. The van der Waals surface area contributed by atoms with Gasteiger partial charge in [-0.2, -0.15) is 0 Å². The van der Waals surface area contributed by atoms with Gasteiger partial charge in [0.1, 0.15) is 17.5 Å². The Labute approximate surface area is 129 Å². The Morgan fingerprint density at radius 2 is 2.05 bits per heavy atom. The van der Waals surface area contributed by atoms with Gasteiger partial charge in [-0.3, -0.25) is 0 Å². The Morgan fingerprint density at radius 3 is 2.62 bits per heavy atom. The minimum absolute atomic E-state index is 0.697. The fourth-order valence-corrected chi connectivity index (χ4v) is 2.51. The second-order valence-corrected chi connectivity index (χ2v) is 6.42. The van der Waals surface area contributed by atoms with Crippen LogP contribution in [-0.4, -0.2) is 29.1 Å². The first-order valence-corrected chi connectivity index (χ1v) is 8.52. The summed E-state index contributed by atoms with van der Waals surface area (Å²) in [7, 11) is 0. The van der Waals surface area contributed by atoms with Gasteiger partial charge in [-0.05, 0) is 38.5 Å². The summed E-state index contributed by atoms with van der Waals surface area (Å²) in [6, 6.07) is 2.82. The maximum absolute atomic E-state index is 4.82. The van der Waals surface area contributed by atoms with Crippen molar-refractivity contribution in [2.24, 2.45) is 5.92 Å². The van der Waals surface area contributed by atoms with Crippen LogP contribution in [0.5, 0.6) is 0 Å². The highest BCUT2D eigenvalue weighted by Gasteiger charge is 2.30. The van der Waals surface area contributed by atoms with Gasteiger partial charge in [0.05, 0.1) is 0 Å². The predicted molar refractivity (Wildman–Crippen MR) is 90.0 cm³/mol. The highest BCUT2D eigenvalue weighted by molar-refractivity contribution is 5.51. The first kappa shape index (κ1) is 16.1. The molecular formula is C17H30N4. The van der Waals surface area contributed by atoms with E-state index in [4.69, 9.17) is 4.98 Å². The minimum atomic E-state index is 0.697. The largest absolute Gasteiger partial charge is 0.370 e. The monoisotopic (exact) mass is 290 g/mol. The number of hydrogen-bond donors (Lipinski definition) is 1. The molecule has 118 valence electrons. The molecule has 1 heterocycles. The van der Waals surface area contributed by atoms with Crippen molar-refractivity contribution in [3.05, 3.63) is 11.9 Å². The zero-order valence-electron chi connectivity index (χ0n) is 14.0. The lowest BCUT2D eigenvalue weighted by atomic mass is 10.1. The molecule has 1 aliphatic carbocycles. The van der Waals surface area contributed by atoms with E-state index in [1.54, 1.807) is 0 Å². The molecule has 0 aromatic carbocycles. The van der Waals surface area contributed by atoms with Crippen molar-refractivity contribution in [3.63, 3.8) is 0 Å². The Hall–Kier alpha value is -1.32. The van der Waals surface area contributed by atoms with Crippen LogP contribution < -0.4 is 10.2 Å². The average molecular weight is 290 g/mol. The van der Waals surface area contributed by atoms with Gasteiger partial charge in [0.15, 0.2) is 0 Å². The van der Waals surface area contributed by atoms with Gasteiger partial charge in [0.25, 0.3) is 0 Å². The molecule has 0 bridgehead atoms. The Morgan fingerprint density at radius 1 is 1.29 bits per heavy atom. The summed E-state index contributed by atoms with van der Waals surface area (Å²) >= 11 is 0. The van der Waals surface area contributed by atoms with Gasteiger partial charge in [-0.25, -0.2) is 9.97 Å². The minimum Gasteiger partial charge on any atom is -0.370 e. The van der Waals surface area contributed by atoms with E-state index in [9.17, 15) is 0 Å². The lowest BCUT2D eigenvalue weighted by Crippen LogP contribution is -2.29. The summed E-state index contributed by atoms with van der Waals surface area (Å²) in [4.78, 5) is 11.9. The number of nitrogens with one attached hydrogen (secondary N) is 1. The number of aryl methyl sites for hydroxylation is 1. The Bertz CT molecular complexity index is 416. The molecule has 0 amide bonds. The van der Waals surface area contributed by atoms with E-state index in [-0.39, 0.29) is 0 Å². The van der Waals surface area contributed by atoms with Crippen molar-refractivity contribution in [1.82, 2.24) is 9.97 Å². The van der Waals surface area contributed by atoms with Gasteiger partial charge < -0.3 is 10.2 Å². The van der Waals surface area contributed by atoms with Crippen molar-refractivity contribution >= 4 is 11.6 Å². The number of rotatable bonds is 9. The summed E-state index contributed by atoms with van der Waals surface area (Å²) < 4.78 is 0. The molecule has 0 radical (unpaired) electrons. The first-order chi connectivity index (χ1) is 10.1. The van der Waals surface area contributed by atoms with E-state index < -0.39 is 0 Å². The van der Waals surface area contributed by atoms with Crippen LogP contribution in [0.15, 0.2) is 6.07 Å². The third-order valence-corrected chi connectivity index (χ3v) is 3.82. The molecule has 1 fully saturated rings. The average Bonchev–Trinajstić information content (AvgIpc) is 3.24. The highest BCUT2D eigenvalue weighted by Crippen LogP contribution is 2.32. The fourth-order valence-electron chi connectivity index (χ4n) is 2.51. The van der Waals surface area contributed by atoms with Crippen molar-refractivity contribution in [1.29, 1.82) is 0 Å². The molecule has 21 heavy (non-hydrogen) atoms. The topological polar surface area (TPSA) is 41.1 Å². The number of aromatic nitrogens is 2. The molecule has 1 aliphatic rings. The van der Waals surface area contributed by atoms with Crippen molar-refractivity contribution < 1.29 is 0 Å². The van der Waals surface area contributed by atoms with Crippen LogP contribution in [0.25, 0.3) is 0 Å². The fraction of sp³-hybridized carbons (Fsp3) is 0.765. The second-order valence-electron chi connectivity index (χ2n) is 6.42. The third kappa shape index (κ3) is 4.87. The number of anilines is 2. The van der Waals surface area contributed by atoms with E-state index in [1.165, 1.54) is 19.3 Å². The van der Waals surface area contributed by atoms with E-state index in [1.807, 2.05) is 0 Å². The van der Waals surface area contributed by atoms with Crippen LogP contribution in [0.3, 0.4) is 0 Å². The van der Waals surface area contributed by atoms with E-state index in [0.29, 0.717) is 6.04 Å². The van der Waals surface area contributed by atoms with Gasteiger partial charge in [-0.15, -0.1) is 0 Å². The molecule has 0 atom stereocenters. The SMILES string of the molecule is CCCc1nc(NCC)cc(N(CCC(C)C)C2CC2)n1. The normalized spacial score (nSPS) is 14.5. The standard InChI is InChI=1S/C17H30N4/c1-5-7-15-19-16(18-6-2)12-17(20-15)21(14-8-9-14)11-10-13(3)4/h12-14H,5-11H2,1-4H3,(H,18,19,20). The first-order valence-electron chi connectivity index (χ1n) is 8.52. The molecule has 0 saturated heterocycles. The van der Waals surface area contributed by atoms with Crippen molar-refractivity contribution in [3.8, 4) is 0 Å². The molecule has 4 nitrogen and oxygen atoms in total. The molecule has 0 aliphatic heterocycles. The zero-order valence-corrected chi connectivity index (χ0v) is 14.0. The maximum Gasteiger partial charge on any atom is 0.134 e. The quantitative estimate of drug-likeness (QED) is 0.749. The van der Waals surface area contributed by atoms with Crippen LogP contribution in [-0.2, 0) is 6.42 Å². The molecule has 2 rings (SSSR count). The number of hydrogen-bond acceptors (Lipinski definition) is 4. The summed E-state index contributed by atoms with van der Waals surface area (Å²) in [5, 5.41) is 3.35. The van der Waals surface area contributed by atoms with Crippen LogP contribution in [0.1, 0.15) is 59.2 Å². The Balaban J connectivity index is 2.20. The van der Waals surface area contributed by atoms with Crippen molar-refractivity contribution in [2.45, 2.75) is 65.8 Å². The summed E-state index contributed by atoms with van der Waals surface area (Å²) in [5.41, 5.74) is 0. The predicted octanol–water partition coefficient (Wildman–Crippen LogP) is 3.88. The molecule has 1 N–H and O–H groups in total. The molecule has 0 unspecified atom stereocenters. The van der Waals surface area contributed by atoms with E-state index in [2.05, 4.69) is 49.0 Å². The van der Waals surface area contributed by atoms with Gasteiger partial charge >= 0.3 is 0 Å². The molecule has 1 aromatic rings. The zero-order chi connectivity index (χ0) is 15.2. The van der Waals surface area contributed by atoms with E-state index >= 15 is 0 Å². The number of nitrogens with zero attached hydrogens (tertiary/aromatic N) is 3. The Kier molecular flexibility index (Phi) is 5.83. The summed E-state index contributed by atoms with van der Waals surface area (Å²) in [6.07, 6.45) is 5.88. The summed E-state index contributed by atoms with van der Waals surface area (Å²) in [6.45, 7) is 10.9. The molecule has 4 heteroatoms. The maximum atomic E-state index is 4.82. The molecule has 1 aromatic heterocycles. The molecule has 1 saturated carbocycles. The molecule has 0 spiro atoms. The lowest BCUT2D eigenvalue weighted by Gasteiger charge is -2.25. The third-order valence-electron chi connectivity index (χ3n) is 3.82.